The number of ether oxygens (including phenoxy) is 1. The Hall–Kier alpha value is -4.21. The molecule has 0 radical (unpaired) electrons. The normalized spacial score (nSPS) is 10.6. The smallest absolute Gasteiger partial charge is 0.342 e. The lowest BCUT2D eigenvalue weighted by Crippen LogP contribution is -2.31. The average Bonchev–Trinajstić information content (AvgIpc) is 2.73. The highest BCUT2D eigenvalue weighted by molar-refractivity contribution is 5.84. The van der Waals surface area contributed by atoms with Crippen molar-refractivity contribution in [3.63, 3.8) is 0 Å². The van der Waals surface area contributed by atoms with Gasteiger partial charge in [0.1, 0.15) is 12.4 Å². The number of aromatic amines is 2. The molecule has 148 valence electrons. The summed E-state index contributed by atoms with van der Waals surface area (Å²) in [4.78, 5) is 36.0. The summed E-state index contributed by atoms with van der Waals surface area (Å²) in [7, 11) is 0. The van der Waals surface area contributed by atoms with Crippen LogP contribution in [0.2, 0.25) is 0 Å². The number of hydrogen-bond donors (Lipinski definition) is 4. The molecule has 29 heavy (non-hydrogen) atoms. The second kappa shape index (κ2) is 9.65. The molecule has 0 atom stereocenters. The Labute approximate surface area is 164 Å². The fourth-order valence-electron chi connectivity index (χ4n) is 2.24. The van der Waals surface area contributed by atoms with Gasteiger partial charge >= 0.3 is 5.69 Å². The van der Waals surface area contributed by atoms with Crippen molar-refractivity contribution in [2.75, 3.05) is 11.9 Å². The van der Waals surface area contributed by atoms with E-state index in [-0.39, 0.29) is 12.4 Å². The number of nitrogens with one attached hydrogen (secondary N) is 4. The third kappa shape index (κ3) is 6.17. The lowest BCUT2D eigenvalue weighted by molar-refractivity contribution is -0.119. The van der Waals surface area contributed by atoms with Crippen LogP contribution in [0.1, 0.15) is 11.1 Å². The van der Waals surface area contributed by atoms with Gasteiger partial charge in [-0.25, -0.2) is 15.3 Å². The van der Waals surface area contributed by atoms with Crippen LogP contribution < -0.4 is 26.7 Å². The summed E-state index contributed by atoms with van der Waals surface area (Å²) in [5.41, 5.74) is 2.71. The maximum absolute atomic E-state index is 11.7. The highest BCUT2D eigenvalue weighted by Gasteiger charge is 2.04. The van der Waals surface area contributed by atoms with Gasteiger partial charge in [0.15, 0.2) is 0 Å². The Morgan fingerprint density at radius 2 is 1.86 bits per heavy atom. The topological polar surface area (TPSA) is 141 Å². The highest BCUT2D eigenvalue weighted by atomic mass is 16.5. The Balaban J connectivity index is 1.44. The standard InChI is InChI=1S/C19H18N6O4/c26-16(11-20-17-18(27)22-19(28)25-24-17)23-21-10-13-6-8-15(9-7-13)29-12-14-4-2-1-3-5-14/h1-10H,11-12H2,(H,20,24)(H,23,26)(H2,22,25,27,28)/b21-10+. The molecule has 1 amide bonds. The minimum absolute atomic E-state index is 0.171. The number of hydrazone groups is 1. The molecule has 10 nitrogen and oxygen atoms in total. The summed E-state index contributed by atoms with van der Waals surface area (Å²) in [6.07, 6.45) is 1.48. The van der Waals surface area contributed by atoms with Gasteiger partial charge in [-0.1, -0.05) is 30.3 Å². The van der Waals surface area contributed by atoms with Gasteiger partial charge in [-0.15, -0.1) is 5.10 Å². The quantitative estimate of drug-likeness (QED) is 0.326. The second-order valence-corrected chi connectivity index (χ2v) is 5.85. The summed E-state index contributed by atoms with van der Waals surface area (Å²) >= 11 is 0. The molecular weight excluding hydrogens is 376 g/mol. The number of rotatable bonds is 8. The van der Waals surface area contributed by atoms with Gasteiger partial charge in [0, 0.05) is 0 Å². The molecule has 0 unspecified atom stereocenters. The first kappa shape index (κ1) is 19.5. The van der Waals surface area contributed by atoms with E-state index >= 15 is 0 Å². The molecule has 0 aliphatic rings. The van der Waals surface area contributed by atoms with Gasteiger partial charge in [-0.3, -0.25) is 14.6 Å². The molecule has 0 aliphatic carbocycles. The first-order chi connectivity index (χ1) is 14.1. The molecule has 10 heteroatoms. The van der Waals surface area contributed by atoms with Gasteiger partial charge in [0.05, 0.1) is 12.8 Å². The monoisotopic (exact) mass is 394 g/mol. The maximum Gasteiger partial charge on any atom is 0.342 e. The number of H-pyrrole nitrogens is 2. The maximum atomic E-state index is 11.7. The van der Waals surface area contributed by atoms with Gasteiger partial charge in [-0.2, -0.15) is 5.10 Å². The van der Waals surface area contributed by atoms with Crippen LogP contribution in [0.5, 0.6) is 5.75 Å². The van der Waals surface area contributed by atoms with E-state index in [0.29, 0.717) is 6.61 Å². The van der Waals surface area contributed by atoms with Crippen LogP contribution in [-0.4, -0.2) is 33.8 Å². The molecule has 0 saturated carbocycles. The molecule has 0 spiro atoms. The number of carbonyl (C=O) groups excluding carboxylic acids is 1. The summed E-state index contributed by atoms with van der Waals surface area (Å²) in [6, 6.07) is 17.1. The van der Waals surface area contributed by atoms with Crippen LogP contribution in [0.4, 0.5) is 5.82 Å². The van der Waals surface area contributed by atoms with Crippen LogP contribution in [0.15, 0.2) is 69.3 Å². The number of hydrogen-bond acceptors (Lipinski definition) is 7. The molecular formula is C19H18N6O4. The van der Waals surface area contributed by atoms with Crippen molar-refractivity contribution in [1.82, 2.24) is 20.6 Å². The molecule has 0 fully saturated rings. The number of anilines is 1. The molecule has 0 saturated heterocycles. The van der Waals surface area contributed by atoms with Crippen LogP contribution in [0, 0.1) is 0 Å². The number of nitrogens with zero attached hydrogens (tertiary/aromatic N) is 2. The Bertz CT molecular complexity index is 1090. The molecule has 3 aromatic rings. The third-order valence-electron chi connectivity index (χ3n) is 3.66. The number of amides is 1. The van der Waals surface area contributed by atoms with Gasteiger partial charge in [0.25, 0.3) is 11.5 Å². The fraction of sp³-hybridized carbons (Fsp3) is 0.105. The number of benzene rings is 2. The van der Waals surface area contributed by atoms with E-state index in [4.69, 9.17) is 4.74 Å². The van der Waals surface area contributed by atoms with Crippen LogP contribution in [0.25, 0.3) is 0 Å². The van der Waals surface area contributed by atoms with Gasteiger partial charge in [0.2, 0.25) is 5.82 Å². The molecule has 2 aromatic carbocycles. The number of carbonyl (C=O) groups is 1. The summed E-state index contributed by atoms with van der Waals surface area (Å²) in [5, 5.41) is 11.9. The van der Waals surface area contributed by atoms with Crippen molar-refractivity contribution in [1.29, 1.82) is 0 Å². The SMILES string of the molecule is O=C(CNc1n[nH]c(=O)[nH]c1=O)N/N=C/c1ccc(OCc2ccccc2)cc1. The Morgan fingerprint density at radius 1 is 1.10 bits per heavy atom. The molecule has 4 N–H and O–H groups in total. The molecule has 0 aliphatic heterocycles. The van der Waals surface area contributed by atoms with E-state index in [9.17, 15) is 14.4 Å². The fourth-order valence-corrected chi connectivity index (χ4v) is 2.24. The van der Waals surface area contributed by atoms with E-state index in [1.54, 1.807) is 12.1 Å². The first-order valence-electron chi connectivity index (χ1n) is 8.62. The zero-order valence-electron chi connectivity index (χ0n) is 15.2. The third-order valence-corrected chi connectivity index (χ3v) is 3.66. The zero-order chi connectivity index (χ0) is 20.5. The molecule has 1 aromatic heterocycles. The summed E-state index contributed by atoms with van der Waals surface area (Å²) in [6.45, 7) is 0.232. The van der Waals surface area contributed by atoms with E-state index in [2.05, 4.69) is 26.0 Å². The van der Waals surface area contributed by atoms with E-state index in [0.717, 1.165) is 16.9 Å². The highest BCUT2D eigenvalue weighted by Crippen LogP contribution is 2.13. The molecule has 1 heterocycles. The van der Waals surface area contributed by atoms with Crippen molar-refractivity contribution >= 4 is 17.9 Å². The minimum Gasteiger partial charge on any atom is -0.489 e. The largest absolute Gasteiger partial charge is 0.489 e. The predicted molar refractivity (Wildman–Crippen MR) is 107 cm³/mol. The predicted octanol–water partition coefficient (Wildman–Crippen LogP) is 0.599. The Morgan fingerprint density at radius 3 is 2.59 bits per heavy atom. The number of aromatic nitrogens is 3. The van der Waals surface area contributed by atoms with Crippen molar-refractivity contribution < 1.29 is 9.53 Å². The average molecular weight is 394 g/mol. The van der Waals surface area contributed by atoms with E-state index in [1.165, 1.54) is 6.21 Å². The van der Waals surface area contributed by atoms with Crippen molar-refractivity contribution in [2.24, 2.45) is 5.10 Å². The van der Waals surface area contributed by atoms with Crippen LogP contribution in [0.3, 0.4) is 0 Å². The van der Waals surface area contributed by atoms with Gasteiger partial charge < -0.3 is 10.1 Å². The lowest BCUT2D eigenvalue weighted by Gasteiger charge is -2.06. The first-order valence-corrected chi connectivity index (χ1v) is 8.62. The van der Waals surface area contributed by atoms with Crippen molar-refractivity contribution in [3.8, 4) is 5.75 Å². The summed E-state index contributed by atoms with van der Waals surface area (Å²) < 4.78 is 5.70. The second-order valence-electron chi connectivity index (χ2n) is 5.85. The molecule has 0 bridgehead atoms. The van der Waals surface area contributed by atoms with Crippen LogP contribution in [-0.2, 0) is 11.4 Å². The lowest BCUT2D eigenvalue weighted by atomic mass is 10.2. The minimum atomic E-state index is -0.730. The zero-order valence-corrected chi connectivity index (χ0v) is 15.2. The summed E-state index contributed by atoms with van der Waals surface area (Å²) in [5.74, 6) is 0.0594. The Kier molecular flexibility index (Phi) is 6.50. The van der Waals surface area contributed by atoms with Crippen molar-refractivity contribution in [3.05, 3.63) is 86.6 Å². The van der Waals surface area contributed by atoms with E-state index < -0.39 is 17.2 Å². The molecule has 3 rings (SSSR count). The van der Waals surface area contributed by atoms with Gasteiger partial charge in [-0.05, 0) is 35.4 Å². The van der Waals surface area contributed by atoms with E-state index in [1.807, 2.05) is 47.4 Å². The van der Waals surface area contributed by atoms with Crippen LogP contribution >= 0.6 is 0 Å². The van der Waals surface area contributed by atoms with Crippen molar-refractivity contribution in [2.45, 2.75) is 6.61 Å².